The average molecular weight is 312 g/mol. The molecule has 1 aliphatic carbocycles. The van der Waals surface area contributed by atoms with E-state index in [1.54, 1.807) is 11.0 Å². The van der Waals surface area contributed by atoms with Gasteiger partial charge in [0.1, 0.15) is 0 Å². The molecule has 0 radical (unpaired) electrons. The number of aromatic amines is 1. The van der Waals surface area contributed by atoms with Crippen LogP contribution in [-0.4, -0.2) is 27.6 Å². The van der Waals surface area contributed by atoms with E-state index in [2.05, 4.69) is 10.2 Å². The van der Waals surface area contributed by atoms with Gasteiger partial charge in [0.25, 0.3) is 11.6 Å². The van der Waals surface area contributed by atoms with Crippen molar-refractivity contribution < 1.29 is 9.72 Å². The first-order valence-electron chi connectivity index (χ1n) is 7.80. The van der Waals surface area contributed by atoms with Crippen LogP contribution in [0.5, 0.6) is 0 Å². The van der Waals surface area contributed by atoms with Crippen molar-refractivity contribution in [3.05, 3.63) is 50.8 Å². The molecule has 0 atom stereocenters. The van der Waals surface area contributed by atoms with E-state index in [0.29, 0.717) is 24.3 Å². The first kappa shape index (κ1) is 13.9. The molecule has 2 aromatic rings. The molecule has 0 spiro atoms. The van der Waals surface area contributed by atoms with Gasteiger partial charge in [-0.15, -0.1) is 0 Å². The number of anilines is 1. The molecule has 0 fully saturated rings. The number of nitrogens with zero attached hydrogens (tertiary/aromatic N) is 3. The molecule has 0 saturated heterocycles. The van der Waals surface area contributed by atoms with E-state index in [4.69, 9.17) is 0 Å². The summed E-state index contributed by atoms with van der Waals surface area (Å²) in [7, 11) is 0. The highest BCUT2D eigenvalue weighted by molar-refractivity contribution is 6.07. The Labute approximate surface area is 132 Å². The SMILES string of the molecule is O=C(c1n[nH]c2c1CCCC2)N1CCc2ccc([N+](=O)[O-])cc21. The number of H-pyrrole nitrogens is 1. The Morgan fingerprint density at radius 3 is 2.91 bits per heavy atom. The number of nitrogens with one attached hydrogen (secondary N) is 1. The first-order chi connectivity index (χ1) is 11.1. The van der Waals surface area contributed by atoms with Gasteiger partial charge in [-0.05, 0) is 37.7 Å². The van der Waals surface area contributed by atoms with Crippen molar-refractivity contribution in [2.24, 2.45) is 0 Å². The molecule has 0 saturated carbocycles. The summed E-state index contributed by atoms with van der Waals surface area (Å²) in [4.78, 5) is 25.1. The van der Waals surface area contributed by atoms with Gasteiger partial charge in [-0.3, -0.25) is 20.0 Å². The van der Waals surface area contributed by atoms with Gasteiger partial charge in [0.2, 0.25) is 0 Å². The highest BCUT2D eigenvalue weighted by Crippen LogP contribution is 2.33. The zero-order valence-electron chi connectivity index (χ0n) is 12.5. The number of aromatic nitrogens is 2. The maximum atomic E-state index is 12.9. The Hall–Kier alpha value is -2.70. The minimum Gasteiger partial charge on any atom is -0.306 e. The van der Waals surface area contributed by atoms with Crippen molar-refractivity contribution in [3.8, 4) is 0 Å². The smallest absolute Gasteiger partial charge is 0.279 e. The molecule has 1 aromatic heterocycles. The second-order valence-electron chi connectivity index (χ2n) is 6.01. The van der Waals surface area contributed by atoms with Gasteiger partial charge in [0.15, 0.2) is 5.69 Å². The summed E-state index contributed by atoms with van der Waals surface area (Å²) >= 11 is 0. The fourth-order valence-corrected chi connectivity index (χ4v) is 3.48. The molecule has 1 amide bonds. The number of nitro groups is 1. The number of amides is 1. The third-order valence-electron chi connectivity index (χ3n) is 4.68. The van der Waals surface area contributed by atoms with Gasteiger partial charge in [-0.25, -0.2) is 0 Å². The van der Waals surface area contributed by atoms with Gasteiger partial charge in [-0.1, -0.05) is 6.07 Å². The van der Waals surface area contributed by atoms with Crippen molar-refractivity contribution in [3.63, 3.8) is 0 Å². The Bertz CT molecular complexity index is 812. The molecule has 0 unspecified atom stereocenters. The van der Waals surface area contributed by atoms with Crippen LogP contribution in [0.15, 0.2) is 18.2 Å². The van der Waals surface area contributed by atoms with Crippen molar-refractivity contribution in [2.45, 2.75) is 32.1 Å². The minimum atomic E-state index is -0.433. The third kappa shape index (κ3) is 2.19. The summed E-state index contributed by atoms with van der Waals surface area (Å²) in [6.45, 7) is 0.539. The van der Waals surface area contributed by atoms with Crippen LogP contribution in [0, 0.1) is 10.1 Å². The predicted molar refractivity (Wildman–Crippen MR) is 83.7 cm³/mol. The van der Waals surface area contributed by atoms with Crippen LogP contribution < -0.4 is 4.90 Å². The molecule has 7 heteroatoms. The summed E-state index contributed by atoms with van der Waals surface area (Å²) in [5.41, 5.74) is 4.15. The quantitative estimate of drug-likeness (QED) is 0.680. The maximum absolute atomic E-state index is 12.9. The number of nitro benzene ring substituents is 1. The number of aryl methyl sites for hydroxylation is 1. The highest BCUT2D eigenvalue weighted by atomic mass is 16.6. The number of benzene rings is 1. The number of non-ortho nitro benzene ring substituents is 1. The molecule has 118 valence electrons. The first-order valence-corrected chi connectivity index (χ1v) is 7.80. The van der Waals surface area contributed by atoms with Crippen LogP contribution in [0.4, 0.5) is 11.4 Å². The zero-order chi connectivity index (χ0) is 16.0. The molecule has 23 heavy (non-hydrogen) atoms. The van der Waals surface area contributed by atoms with Crippen LogP contribution >= 0.6 is 0 Å². The average Bonchev–Trinajstić information content (AvgIpc) is 3.17. The molecule has 1 aliphatic heterocycles. The summed E-state index contributed by atoms with van der Waals surface area (Å²) in [5, 5.41) is 18.2. The predicted octanol–water partition coefficient (Wildman–Crippen LogP) is 2.40. The van der Waals surface area contributed by atoms with Crippen LogP contribution in [0.2, 0.25) is 0 Å². The number of hydrogen-bond donors (Lipinski definition) is 1. The number of rotatable bonds is 2. The van der Waals surface area contributed by atoms with Crippen molar-refractivity contribution in [1.82, 2.24) is 10.2 Å². The monoisotopic (exact) mass is 312 g/mol. The summed E-state index contributed by atoms with van der Waals surface area (Å²) < 4.78 is 0. The van der Waals surface area contributed by atoms with Crippen LogP contribution in [-0.2, 0) is 19.3 Å². The maximum Gasteiger partial charge on any atom is 0.279 e. The molecule has 1 aromatic carbocycles. The van der Waals surface area contributed by atoms with Crippen molar-refractivity contribution in [1.29, 1.82) is 0 Å². The number of carbonyl (C=O) groups is 1. The van der Waals surface area contributed by atoms with Crippen LogP contribution in [0.3, 0.4) is 0 Å². The van der Waals surface area contributed by atoms with Crippen LogP contribution in [0.25, 0.3) is 0 Å². The van der Waals surface area contributed by atoms with Gasteiger partial charge in [-0.2, -0.15) is 5.10 Å². The van der Waals surface area contributed by atoms with E-state index in [1.165, 1.54) is 12.1 Å². The molecule has 7 nitrogen and oxygen atoms in total. The molecule has 1 N–H and O–H groups in total. The zero-order valence-corrected chi connectivity index (χ0v) is 12.5. The summed E-state index contributed by atoms with van der Waals surface area (Å²) in [5.74, 6) is -0.163. The normalized spacial score (nSPS) is 16.1. The lowest BCUT2D eigenvalue weighted by Crippen LogP contribution is -2.30. The standard InChI is InChI=1S/C16H16N4O3/c21-16(15-12-3-1-2-4-13(12)17-18-15)19-8-7-10-5-6-11(20(22)23)9-14(10)19/h5-6,9H,1-4,7-8H2,(H,17,18). The summed E-state index contributed by atoms with van der Waals surface area (Å²) in [6.07, 6.45) is 4.68. The minimum absolute atomic E-state index is 0.00695. The number of hydrogen-bond acceptors (Lipinski definition) is 4. The fourth-order valence-electron chi connectivity index (χ4n) is 3.48. The van der Waals surface area contributed by atoms with Gasteiger partial charge in [0.05, 0.1) is 10.6 Å². The second kappa shape index (κ2) is 5.19. The van der Waals surface area contributed by atoms with Gasteiger partial charge >= 0.3 is 0 Å². The Morgan fingerprint density at radius 2 is 2.09 bits per heavy atom. The van der Waals surface area contributed by atoms with E-state index >= 15 is 0 Å². The van der Waals surface area contributed by atoms with Gasteiger partial charge in [0, 0.05) is 29.9 Å². The molecular formula is C16H16N4O3. The molecule has 4 rings (SSSR count). The molecule has 0 bridgehead atoms. The lowest BCUT2D eigenvalue weighted by Gasteiger charge is -2.17. The Morgan fingerprint density at radius 1 is 1.26 bits per heavy atom. The van der Waals surface area contributed by atoms with E-state index in [9.17, 15) is 14.9 Å². The van der Waals surface area contributed by atoms with E-state index < -0.39 is 4.92 Å². The molecular weight excluding hydrogens is 296 g/mol. The second-order valence-corrected chi connectivity index (χ2v) is 6.01. The van der Waals surface area contributed by atoms with Crippen LogP contribution in [0.1, 0.15) is 40.2 Å². The lowest BCUT2D eigenvalue weighted by atomic mass is 9.95. The van der Waals surface area contributed by atoms with E-state index in [0.717, 1.165) is 42.5 Å². The lowest BCUT2D eigenvalue weighted by molar-refractivity contribution is -0.384. The third-order valence-corrected chi connectivity index (χ3v) is 4.68. The molecule has 2 aliphatic rings. The Kier molecular flexibility index (Phi) is 3.14. The molecule has 2 heterocycles. The topological polar surface area (TPSA) is 92.1 Å². The van der Waals surface area contributed by atoms with Gasteiger partial charge < -0.3 is 4.90 Å². The van der Waals surface area contributed by atoms with Crippen molar-refractivity contribution in [2.75, 3.05) is 11.4 Å². The fraction of sp³-hybridized carbons (Fsp3) is 0.375. The number of fused-ring (bicyclic) bond motifs is 2. The largest absolute Gasteiger partial charge is 0.306 e. The van der Waals surface area contributed by atoms with E-state index in [-0.39, 0.29) is 11.6 Å². The Balaban J connectivity index is 1.71. The highest BCUT2D eigenvalue weighted by Gasteiger charge is 2.31. The van der Waals surface area contributed by atoms with Crippen molar-refractivity contribution >= 4 is 17.3 Å². The van der Waals surface area contributed by atoms with E-state index in [1.807, 2.05) is 0 Å². The number of carbonyl (C=O) groups excluding carboxylic acids is 1. The summed E-state index contributed by atoms with van der Waals surface area (Å²) in [6, 6.07) is 4.71.